The van der Waals surface area contributed by atoms with Crippen LogP contribution < -0.4 is 10.6 Å². The average Bonchev–Trinajstić information content (AvgIpc) is 2.97. The van der Waals surface area contributed by atoms with Gasteiger partial charge < -0.3 is 10.6 Å². The molecule has 0 spiro atoms. The molecule has 1 aliphatic rings. The van der Waals surface area contributed by atoms with Gasteiger partial charge in [-0.05, 0) is 12.8 Å². The Balaban J connectivity index is 1.78. The van der Waals surface area contributed by atoms with Crippen molar-refractivity contribution in [3.05, 3.63) is 12.7 Å². The van der Waals surface area contributed by atoms with Crippen molar-refractivity contribution in [1.82, 2.24) is 25.4 Å². The fourth-order valence-electron chi connectivity index (χ4n) is 2.65. The maximum Gasteiger partial charge on any atom is 0.393 e. The number of rotatable bonds is 5. The summed E-state index contributed by atoms with van der Waals surface area (Å²) in [5.74, 6) is -2.62. The molecule has 10 heteroatoms. The Labute approximate surface area is 130 Å². The lowest BCUT2D eigenvalue weighted by molar-refractivity contribution is -0.189. The number of hydrogen-bond acceptors (Lipinski definition) is 4. The molecule has 0 radical (unpaired) electrons. The number of aromatic nitrogens is 3. The highest BCUT2D eigenvalue weighted by Gasteiger charge is 2.45. The van der Waals surface area contributed by atoms with Crippen LogP contribution in [0.15, 0.2) is 12.7 Å². The van der Waals surface area contributed by atoms with Gasteiger partial charge in [0.25, 0.3) is 0 Å². The number of alkyl halides is 3. The first-order valence-electron chi connectivity index (χ1n) is 7.31. The van der Waals surface area contributed by atoms with E-state index in [2.05, 4.69) is 20.7 Å². The molecule has 1 aromatic rings. The van der Waals surface area contributed by atoms with Gasteiger partial charge in [0.1, 0.15) is 19.2 Å². The van der Waals surface area contributed by atoms with Gasteiger partial charge >= 0.3 is 6.18 Å². The van der Waals surface area contributed by atoms with E-state index in [1.165, 1.54) is 17.3 Å². The van der Waals surface area contributed by atoms with Gasteiger partial charge in [-0.3, -0.25) is 9.59 Å². The normalized spacial score (nSPS) is 21.7. The highest BCUT2D eigenvalue weighted by Crippen LogP contribution is 2.37. The van der Waals surface area contributed by atoms with Crippen LogP contribution >= 0.6 is 0 Å². The third kappa shape index (κ3) is 5.22. The number of hydrogen-bond donors (Lipinski definition) is 2. The topological polar surface area (TPSA) is 88.9 Å². The molecule has 2 unspecified atom stereocenters. The van der Waals surface area contributed by atoms with Crippen LogP contribution in [0, 0.1) is 5.92 Å². The smallest absolute Gasteiger partial charge is 0.351 e. The van der Waals surface area contributed by atoms with Gasteiger partial charge in [0.2, 0.25) is 11.8 Å². The number of amides is 2. The summed E-state index contributed by atoms with van der Waals surface area (Å²) in [7, 11) is 0. The number of carbonyl (C=O) groups excluding carboxylic acids is 2. The summed E-state index contributed by atoms with van der Waals surface area (Å²) in [4.78, 5) is 27.0. The van der Waals surface area contributed by atoms with Crippen molar-refractivity contribution in [2.24, 2.45) is 5.92 Å². The summed E-state index contributed by atoms with van der Waals surface area (Å²) in [6.45, 7) is -0.476. The molecule has 1 fully saturated rings. The van der Waals surface area contributed by atoms with Crippen LogP contribution in [-0.2, 0) is 16.1 Å². The van der Waals surface area contributed by atoms with E-state index >= 15 is 0 Å². The lowest BCUT2D eigenvalue weighted by Gasteiger charge is -2.33. The summed E-state index contributed by atoms with van der Waals surface area (Å²) >= 11 is 0. The molecular formula is C13H18F3N5O2. The molecule has 2 amide bonds. The number of nitrogens with one attached hydrogen (secondary N) is 2. The van der Waals surface area contributed by atoms with E-state index in [1.807, 2.05) is 0 Å². The minimum absolute atomic E-state index is 0.0209. The third-order valence-electron chi connectivity index (χ3n) is 3.75. The van der Waals surface area contributed by atoms with Crippen molar-refractivity contribution in [2.45, 2.75) is 44.4 Å². The molecule has 1 heterocycles. The first kappa shape index (κ1) is 17.2. The lowest BCUT2D eigenvalue weighted by atomic mass is 9.84. The van der Waals surface area contributed by atoms with Crippen LogP contribution in [0.2, 0.25) is 0 Å². The fourth-order valence-corrected chi connectivity index (χ4v) is 2.65. The number of nitrogens with zero attached hydrogens (tertiary/aromatic N) is 3. The zero-order chi connectivity index (χ0) is 16.9. The molecule has 0 bridgehead atoms. The van der Waals surface area contributed by atoms with Crippen LogP contribution in [0.1, 0.15) is 25.7 Å². The molecule has 23 heavy (non-hydrogen) atoms. The second-order valence-electron chi connectivity index (χ2n) is 5.48. The van der Waals surface area contributed by atoms with Crippen LogP contribution in [0.25, 0.3) is 0 Å². The Bertz CT molecular complexity index is 532. The van der Waals surface area contributed by atoms with E-state index < -0.39 is 30.0 Å². The highest BCUT2D eigenvalue weighted by molar-refractivity contribution is 5.84. The second-order valence-corrected chi connectivity index (χ2v) is 5.48. The van der Waals surface area contributed by atoms with Gasteiger partial charge in [0, 0.05) is 6.04 Å². The molecule has 0 aliphatic heterocycles. The fraction of sp³-hybridized carbons (Fsp3) is 0.692. The number of carbonyl (C=O) groups is 2. The first-order valence-corrected chi connectivity index (χ1v) is 7.31. The van der Waals surface area contributed by atoms with Crippen molar-refractivity contribution >= 4 is 11.8 Å². The largest absolute Gasteiger partial charge is 0.393 e. The van der Waals surface area contributed by atoms with Crippen molar-refractivity contribution in [3.63, 3.8) is 0 Å². The van der Waals surface area contributed by atoms with Gasteiger partial charge in [-0.15, -0.1) is 0 Å². The van der Waals surface area contributed by atoms with E-state index in [0.29, 0.717) is 19.3 Å². The molecule has 1 saturated carbocycles. The lowest BCUT2D eigenvalue weighted by Crippen LogP contribution is -2.50. The van der Waals surface area contributed by atoms with E-state index in [1.54, 1.807) is 0 Å². The average molecular weight is 333 g/mol. The Morgan fingerprint density at radius 1 is 1.22 bits per heavy atom. The SMILES string of the molecule is O=C(Cn1cncn1)NCC(=O)NC1CCCCC1C(F)(F)F. The first-order chi connectivity index (χ1) is 10.9. The van der Waals surface area contributed by atoms with E-state index in [9.17, 15) is 22.8 Å². The molecular weight excluding hydrogens is 315 g/mol. The van der Waals surface area contributed by atoms with Crippen LogP contribution in [0.4, 0.5) is 13.2 Å². The second kappa shape index (κ2) is 7.42. The minimum atomic E-state index is -4.32. The summed E-state index contributed by atoms with van der Waals surface area (Å²) in [5, 5.41) is 8.46. The monoisotopic (exact) mass is 333 g/mol. The highest BCUT2D eigenvalue weighted by atomic mass is 19.4. The Hall–Kier alpha value is -2.13. The maximum absolute atomic E-state index is 12.9. The Kier molecular flexibility index (Phi) is 5.56. The number of halogens is 3. The van der Waals surface area contributed by atoms with E-state index in [4.69, 9.17) is 0 Å². The summed E-state index contributed by atoms with van der Waals surface area (Å²) < 4.78 is 40.1. The molecule has 128 valence electrons. The minimum Gasteiger partial charge on any atom is -0.351 e. The van der Waals surface area contributed by atoms with Crippen LogP contribution in [0.5, 0.6) is 0 Å². The molecule has 0 aromatic carbocycles. The van der Waals surface area contributed by atoms with Crippen molar-refractivity contribution in [3.8, 4) is 0 Å². The standard InChI is InChI=1S/C13H18F3N5O2/c14-13(15,16)9-3-1-2-4-10(9)20-11(22)5-18-12(23)6-21-8-17-7-19-21/h7-10H,1-6H2,(H,18,23)(H,20,22). The predicted molar refractivity (Wildman–Crippen MR) is 73.0 cm³/mol. The van der Waals surface area contributed by atoms with Gasteiger partial charge in [-0.1, -0.05) is 12.8 Å². The molecule has 7 nitrogen and oxygen atoms in total. The zero-order valence-corrected chi connectivity index (χ0v) is 12.3. The molecule has 2 rings (SSSR count). The summed E-state index contributed by atoms with van der Waals surface area (Å²) in [6, 6.07) is -0.927. The van der Waals surface area contributed by atoms with Gasteiger partial charge in [0.15, 0.2) is 0 Å². The summed E-state index contributed by atoms with van der Waals surface area (Å²) in [6.07, 6.45) is -0.248. The molecule has 2 N–H and O–H groups in total. The molecule has 2 atom stereocenters. The molecule has 1 aliphatic carbocycles. The zero-order valence-electron chi connectivity index (χ0n) is 12.3. The van der Waals surface area contributed by atoms with Crippen molar-refractivity contribution < 1.29 is 22.8 Å². The predicted octanol–water partition coefficient (Wildman–Crippen LogP) is 0.632. The van der Waals surface area contributed by atoms with E-state index in [0.717, 1.165) is 0 Å². The Morgan fingerprint density at radius 2 is 1.96 bits per heavy atom. The van der Waals surface area contributed by atoms with Gasteiger partial charge in [0.05, 0.1) is 12.5 Å². The van der Waals surface area contributed by atoms with Crippen LogP contribution in [0.3, 0.4) is 0 Å². The van der Waals surface area contributed by atoms with Gasteiger partial charge in [-0.2, -0.15) is 18.3 Å². The van der Waals surface area contributed by atoms with Crippen molar-refractivity contribution in [2.75, 3.05) is 6.54 Å². The van der Waals surface area contributed by atoms with Crippen LogP contribution in [-0.4, -0.2) is 45.3 Å². The third-order valence-corrected chi connectivity index (χ3v) is 3.75. The van der Waals surface area contributed by atoms with Gasteiger partial charge in [-0.25, -0.2) is 9.67 Å². The molecule has 1 aromatic heterocycles. The quantitative estimate of drug-likeness (QED) is 0.827. The summed E-state index contributed by atoms with van der Waals surface area (Å²) in [5.41, 5.74) is 0. The van der Waals surface area contributed by atoms with Crippen molar-refractivity contribution in [1.29, 1.82) is 0 Å². The van der Waals surface area contributed by atoms with E-state index in [-0.39, 0.29) is 19.5 Å². The molecule has 0 saturated heterocycles. The Morgan fingerprint density at radius 3 is 2.61 bits per heavy atom. The maximum atomic E-state index is 12.9.